The van der Waals surface area contributed by atoms with Gasteiger partial charge in [0.15, 0.2) is 5.65 Å². The minimum atomic E-state index is 0.568. The minimum Gasteiger partial charge on any atom is -0.396 e. The van der Waals surface area contributed by atoms with Gasteiger partial charge < -0.3 is 5.73 Å². The Morgan fingerprint density at radius 1 is 1.47 bits per heavy atom. The van der Waals surface area contributed by atoms with Crippen LogP contribution in [0.2, 0.25) is 0 Å². The van der Waals surface area contributed by atoms with E-state index in [9.17, 15) is 0 Å². The van der Waals surface area contributed by atoms with Gasteiger partial charge in [-0.2, -0.15) is 16.9 Å². The fourth-order valence-electron chi connectivity index (χ4n) is 1.96. The van der Waals surface area contributed by atoms with Gasteiger partial charge in [0.05, 0.1) is 24.3 Å². The summed E-state index contributed by atoms with van der Waals surface area (Å²) in [6.07, 6.45) is 7.95. The molecule has 0 spiro atoms. The van der Waals surface area contributed by atoms with E-state index in [-0.39, 0.29) is 0 Å². The molecule has 0 amide bonds. The molecule has 1 aliphatic heterocycles. The van der Waals surface area contributed by atoms with Crippen LogP contribution in [0.5, 0.6) is 0 Å². The van der Waals surface area contributed by atoms with Gasteiger partial charge in [-0.05, 0) is 18.6 Å². The summed E-state index contributed by atoms with van der Waals surface area (Å²) in [7, 11) is 0. The van der Waals surface area contributed by atoms with Crippen molar-refractivity contribution in [3.8, 4) is 0 Å². The molecule has 0 saturated carbocycles. The molecule has 1 fully saturated rings. The molecule has 1 aliphatic rings. The number of nitrogens with zero attached hydrogens (tertiary/aromatic N) is 3. The molecule has 3 rings (SSSR count). The lowest BCUT2D eigenvalue weighted by Gasteiger charge is -2.05. The molecule has 2 aromatic heterocycles. The molecule has 0 bridgehead atoms. The highest BCUT2D eigenvalue weighted by atomic mass is 32.2. The van der Waals surface area contributed by atoms with Crippen LogP contribution in [0.4, 0.5) is 5.69 Å². The Kier molecular flexibility index (Phi) is 2.05. The number of fused-ring (bicyclic) bond motifs is 1. The second-order valence-electron chi connectivity index (χ2n) is 3.76. The number of rotatable bonds is 1. The van der Waals surface area contributed by atoms with Crippen LogP contribution in [-0.2, 0) is 0 Å². The zero-order valence-electron chi connectivity index (χ0n) is 8.26. The summed E-state index contributed by atoms with van der Waals surface area (Å²) in [6, 6.07) is 0. The zero-order chi connectivity index (χ0) is 10.3. The first-order chi connectivity index (χ1) is 7.34. The first-order valence-corrected chi connectivity index (χ1v) is 6.10. The Morgan fingerprint density at radius 3 is 3.20 bits per heavy atom. The van der Waals surface area contributed by atoms with Crippen molar-refractivity contribution in [2.24, 2.45) is 0 Å². The third kappa shape index (κ3) is 1.47. The van der Waals surface area contributed by atoms with E-state index >= 15 is 0 Å². The normalized spacial score (nSPS) is 21.2. The molecule has 4 nitrogen and oxygen atoms in total. The predicted octanol–water partition coefficient (Wildman–Crippen LogP) is 1.88. The van der Waals surface area contributed by atoms with E-state index in [0.29, 0.717) is 10.9 Å². The number of anilines is 1. The fourth-order valence-corrected chi connectivity index (χ4v) is 3.25. The number of hydrogen-bond acceptors (Lipinski definition) is 4. The van der Waals surface area contributed by atoms with Crippen LogP contribution in [0.3, 0.4) is 0 Å². The highest BCUT2D eigenvalue weighted by Crippen LogP contribution is 2.40. The summed E-state index contributed by atoms with van der Waals surface area (Å²) in [4.78, 5) is 4.35. The monoisotopic (exact) mass is 220 g/mol. The van der Waals surface area contributed by atoms with E-state index in [1.54, 1.807) is 10.7 Å². The van der Waals surface area contributed by atoms with E-state index in [0.717, 1.165) is 5.65 Å². The molecule has 0 aromatic carbocycles. The molecule has 5 heteroatoms. The van der Waals surface area contributed by atoms with Gasteiger partial charge in [-0.15, -0.1) is 0 Å². The van der Waals surface area contributed by atoms with Crippen molar-refractivity contribution in [3.63, 3.8) is 0 Å². The summed E-state index contributed by atoms with van der Waals surface area (Å²) in [5.74, 6) is 1.25. The summed E-state index contributed by atoms with van der Waals surface area (Å²) in [5, 5.41) is 4.85. The average molecular weight is 220 g/mol. The second kappa shape index (κ2) is 3.41. The summed E-state index contributed by atoms with van der Waals surface area (Å²) < 4.78 is 1.77. The van der Waals surface area contributed by atoms with Crippen LogP contribution in [0, 0.1) is 0 Å². The van der Waals surface area contributed by atoms with E-state index in [4.69, 9.17) is 5.73 Å². The second-order valence-corrected chi connectivity index (χ2v) is 5.07. The molecule has 15 heavy (non-hydrogen) atoms. The molecule has 0 radical (unpaired) electrons. The van der Waals surface area contributed by atoms with Gasteiger partial charge in [-0.3, -0.25) is 0 Å². The van der Waals surface area contributed by atoms with Gasteiger partial charge in [0.2, 0.25) is 0 Å². The van der Waals surface area contributed by atoms with Gasteiger partial charge in [0.1, 0.15) is 0 Å². The average Bonchev–Trinajstić information content (AvgIpc) is 2.82. The minimum absolute atomic E-state index is 0.568. The van der Waals surface area contributed by atoms with Crippen molar-refractivity contribution in [3.05, 3.63) is 24.2 Å². The lowest BCUT2D eigenvalue weighted by molar-refractivity contribution is 0.832. The summed E-state index contributed by atoms with van der Waals surface area (Å²) in [6.45, 7) is 0. The number of nitrogens with two attached hydrogens (primary N) is 1. The van der Waals surface area contributed by atoms with Crippen LogP contribution in [0.1, 0.15) is 23.7 Å². The van der Waals surface area contributed by atoms with Crippen LogP contribution in [0.15, 0.2) is 18.6 Å². The van der Waals surface area contributed by atoms with Crippen LogP contribution in [-0.4, -0.2) is 20.4 Å². The fraction of sp³-hybridized carbons (Fsp3) is 0.400. The first-order valence-electron chi connectivity index (χ1n) is 5.05. The van der Waals surface area contributed by atoms with Crippen molar-refractivity contribution in [1.29, 1.82) is 0 Å². The Bertz CT molecular complexity index is 487. The van der Waals surface area contributed by atoms with Gasteiger partial charge >= 0.3 is 0 Å². The maximum Gasteiger partial charge on any atom is 0.159 e. The molecule has 1 unspecified atom stereocenters. The van der Waals surface area contributed by atoms with E-state index in [2.05, 4.69) is 10.1 Å². The third-order valence-corrected chi connectivity index (χ3v) is 4.10. The molecule has 1 saturated heterocycles. The number of thioether (sulfide) groups is 1. The van der Waals surface area contributed by atoms with E-state index < -0.39 is 0 Å². The van der Waals surface area contributed by atoms with Gasteiger partial charge in [-0.25, -0.2) is 9.50 Å². The van der Waals surface area contributed by atoms with E-state index in [1.165, 1.54) is 24.2 Å². The number of hydrogen-bond donors (Lipinski definition) is 1. The highest BCUT2D eigenvalue weighted by Gasteiger charge is 2.21. The third-order valence-electron chi connectivity index (χ3n) is 2.68. The highest BCUT2D eigenvalue weighted by molar-refractivity contribution is 7.99. The Labute approximate surface area is 91.9 Å². The standard InChI is InChI=1S/C10H12N4S/c11-7-4-12-10-8(5-13-14(10)6-7)9-2-1-3-15-9/h4-6,9H,1-3,11H2. The quantitative estimate of drug-likeness (QED) is 0.797. The molecular formula is C10H12N4S. The molecule has 2 N–H and O–H groups in total. The molecule has 1 atom stereocenters. The lowest BCUT2D eigenvalue weighted by Crippen LogP contribution is -1.96. The van der Waals surface area contributed by atoms with Crippen LogP contribution >= 0.6 is 11.8 Å². The molecular weight excluding hydrogens is 208 g/mol. The van der Waals surface area contributed by atoms with Gasteiger partial charge in [0, 0.05) is 10.8 Å². The maximum absolute atomic E-state index is 5.66. The largest absolute Gasteiger partial charge is 0.396 e. The predicted molar refractivity (Wildman–Crippen MR) is 61.8 cm³/mol. The first kappa shape index (κ1) is 9.03. The van der Waals surface area contributed by atoms with Crippen molar-refractivity contribution in [2.45, 2.75) is 18.1 Å². The maximum atomic E-state index is 5.66. The van der Waals surface area contributed by atoms with Crippen molar-refractivity contribution < 1.29 is 0 Å². The molecule has 2 aromatic rings. The van der Waals surface area contributed by atoms with Crippen molar-refractivity contribution in [2.75, 3.05) is 11.5 Å². The Hall–Kier alpha value is -1.23. The van der Waals surface area contributed by atoms with Crippen LogP contribution in [0.25, 0.3) is 5.65 Å². The molecule has 78 valence electrons. The topological polar surface area (TPSA) is 56.2 Å². The number of aromatic nitrogens is 3. The lowest BCUT2D eigenvalue weighted by atomic mass is 10.1. The molecule has 0 aliphatic carbocycles. The van der Waals surface area contributed by atoms with Crippen LogP contribution < -0.4 is 5.73 Å². The van der Waals surface area contributed by atoms with Crippen molar-refractivity contribution >= 4 is 23.1 Å². The van der Waals surface area contributed by atoms with Gasteiger partial charge in [0.25, 0.3) is 0 Å². The van der Waals surface area contributed by atoms with E-state index in [1.807, 2.05) is 24.2 Å². The van der Waals surface area contributed by atoms with Crippen molar-refractivity contribution in [1.82, 2.24) is 14.6 Å². The Balaban J connectivity index is 2.11. The SMILES string of the molecule is Nc1cnc2c(C3CCCS3)cnn2c1. The smallest absolute Gasteiger partial charge is 0.159 e. The summed E-state index contributed by atoms with van der Waals surface area (Å²) >= 11 is 1.99. The number of nitrogen functional groups attached to an aromatic ring is 1. The summed E-state index contributed by atoms with van der Waals surface area (Å²) in [5.41, 5.74) is 8.50. The zero-order valence-corrected chi connectivity index (χ0v) is 9.07. The Morgan fingerprint density at radius 2 is 2.40 bits per heavy atom. The molecule has 3 heterocycles. The van der Waals surface area contributed by atoms with Gasteiger partial charge in [-0.1, -0.05) is 0 Å².